The van der Waals surface area contributed by atoms with E-state index in [9.17, 15) is 19.4 Å². The summed E-state index contributed by atoms with van der Waals surface area (Å²) in [6.45, 7) is 4.88. The van der Waals surface area contributed by atoms with Crippen molar-refractivity contribution in [2.24, 2.45) is 0 Å². The van der Waals surface area contributed by atoms with E-state index in [2.05, 4.69) is 15.3 Å². The van der Waals surface area contributed by atoms with Gasteiger partial charge in [-0.2, -0.15) is 4.39 Å². The molecular formula is C12H18FN3O4. The lowest BCUT2D eigenvalue weighted by Gasteiger charge is -2.22. The van der Waals surface area contributed by atoms with E-state index in [1.54, 1.807) is 20.8 Å². The molecule has 0 aliphatic rings. The Morgan fingerprint density at radius 2 is 1.95 bits per heavy atom. The molecule has 3 N–H and O–H groups in total. The van der Waals surface area contributed by atoms with E-state index >= 15 is 0 Å². The topological polar surface area (TPSA) is 105 Å². The average molecular weight is 287 g/mol. The SMILES string of the molecule is CC(C)(C)OC(=O)NCC(O)C(O)c1cnc(F)nc1. The summed E-state index contributed by atoms with van der Waals surface area (Å²) >= 11 is 0. The maximum Gasteiger partial charge on any atom is 0.407 e. The van der Waals surface area contributed by atoms with Gasteiger partial charge in [-0.05, 0) is 20.8 Å². The summed E-state index contributed by atoms with van der Waals surface area (Å²) in [5.74, 6) is 0. The third kappa shape index (κ3) is 5.45. The van der Waals surface area contributed by atoms with Crippen molar-refractivity contribution in [2.75, 3.05) is 6.54 Å². The zero-order valence-electron chi connectivity index (χ0n) is 11.5. The number of alkyl carbamates (subject to hydrolysis) is 1. The van der Waals surface area contributed by atoms with Crippen molar-refractivity contribution in [1.29, 1.82) is 0 Å². The molecule has 0 fully saturated rings. The van der Waals surface area contributed by atoms with Gasteiger partial charge in [-0.25, -0.2) is 14.8 Å². The van der Waals surface area contributed by atoms with E-state index in [0.717, 1.165) is 12.4 Å². The van der Waals surface area contributed by atoms with Crippen LogP contribution in [0.4, 0.5) is 9.18 Å². The lowest BCUT2D eigenvalue weighted by Crippen LogP contribution is -2.38. The molecule has 0 bridgehead atoms. The van der Waals surface area contributed by atoms with Crippen LogP contribution in [0.25, 0.3) is 0 Å². The van der Waals surface area contributed by atoms with Crippen molar-refractivity contribution in [3.8, 4) is 0 Å². The number of nitrogens with one attached hydrogen (secondary N) is 1. The average Bonchev–Trinajstić information content (AvgIpc) is 2.34. The van der Waals surface area contributed by atoms with Crippen LogP contribution in [0.2, 0.25) is 0 Å². The second kappa shape index (κ2) is 6.58. The van der Waals surface area contributed by atoms with Crippen molar-refractivity contribution in [3.05, 3.63) is 24.0 Å². The van der Waals surface area contributed by atoms with E-state index in [-0.39, 0.29) is 12.1 Å². The predicted octanol–water partition coefficient (Wildman–Crippen LogP) is 0.535. The minimum absolute atomic E-state index is 0.143. The highest BCUT2D eigenvalue weighted by molar-refractivity contribution is 5.67. The molecule has 2 unspecified atom stereocenters. The number of carbonyl (C=O) groups is 1. The van der Waals surface area contributed by atoms with Gasteiger partial charge in [-0.3, -0.25) is 0 Å². The number of aliphatic hydroxyl groups excluding tert-OH is 2. The lowest BCUT2D eigenvalue weighted by atomic mass is 10.1. The summed E-state index contributed by atoms with van der Waals surface area (Å²) in [4.78, 5) is 17.9. The number of hydrogen-bond acceptors (Lipinski definition) is 6. The summed E-state index contributed by atoms with van der Waals surface area (Å²) in [6, 6.07) is 0. The number of halogens is 1. The van der Waals surface area contributed by atoms with Crippen LogP contribution in [-0.2, 0) is 4.74 Å². The Hall–Kier alpha value is -1.80. The fourth-order valence-corrected chi connectivity index (χ4v) is 1.31. The summed E-state index contributed by atoms with van der Waals surface area (Å²) in [6.07, 6.45) is -2.16. The maximum absolute atomic E-state index is 12.5. The Balaban J connectivity index is 2.48. The van der Waals surface area contributed by atoms with Crippen molar-refractivity contribution in [2.45, 2.75) is 38.6 Å². The van der Waals surface area contributed by atoms with Crippen molar-refractivity contribution in [1.82, 2.24) is 15.3 Å². The highest BCUT2D eigenvalue weighted by Crippen LogP contribution is 2.14. The highest BCUT2D eigenvalue weighted by atomic mass is 19.1. The summed E-state index contributed by atoms with van der Waals surface area (Å²) in [7, 11) is 0. The first-order valence-corrected chi connectivity index (χ1v) is 5.99. The molecule has 0 aliphatic carbocycles. The zero-order chi connectivity index (χ0) is 15.3. The van der Waals surface area contributed by atoms with Gasteiger partial charge in [0, 0.05) is 24.5 Å². The number of hydrogen-bond donors (Lipinski definition) is 3. The molecule has 8 heteroatoms. The third-order valence-corrected chi connectivity index (χ3v) is 2.20. The minimum Gasteiger partial charge on any atom is -0.444 e. The van der Waals surface area contributed by atoms with Gasteiger partial charge in [0.15, 0.2) is 0 Å². The summed E-state index contributed by atoms with van der Waals surface area (Å²) in [5, 5.41) is 21.8. The molecule has 0 aromatic carbocycles. The van der Waals surface area contributed by atoms with E-state index in [1.165, 1.54) is 0 Å². The van der Waals surface area contributed by atoms with Crippen molar-refractivity contribution in [3.63, 3.8) is 0 Å². The molecule has 0 saturated heterocycles. The number of rotatable bonds is 4. The predicted molar refractivity (Wildman–Crippen MR) is 67.2 cm³/mol. The molecule has 1 aromatic rings. The second-order valence-electron chi connectivity index (χ2n) is 5.18. The fraction of sp³-hybridized carbons (Fsp3) is 0.583. The molecule has 0 spiro atoms. The van der Waals surface area contributed by atoms with Gasteiger partial charge >= 0.3 is 12.2 Å². The molecular weight excluding hydrogens is 269 g/mol. The molecule has 2 atom stereocenters. The van der Waals surface area contributed by atoms with Crippen LogP contribution in [0.1, 0.15) is 32.4 Å². The Bertz CT molecular complexity index is 447. The molecule has 112 valence electrons. The fourth-order valence-electron chi connectivity index (χ4n) is 1.31. The van der Waals surface area contributed by atoms with Gasteiger partial charge in [-0.15, -0.1) is 0 Å². The standard InChI is InChI=1S/C12H18FN3O4/c1-12(2,3)20-11(19)16-6-8(17)9(18)7-4-14-10(13)15-5-7/h4-5,8-9,17-18H,6H2,1-3H3,(H,16,19). The lowest BCUT2D eigenvalue weighted by molar-refractivity contribution is 0.0125. The van der Waals surface area contributed by atoms with E-state index in [0.29, 0.717) is 0 Å². The molecule has 1 amide bonds. The smallest absolute Gasteiger partial charge is 0.407 e. The molecule has 20 heavy (non-hydrogen) atoms. The van der Waals surface area contributed by atoms with Gasteiger partial charge in [0.1, 0.15) is 17.8 Å². The zero-order valence-corrected chi connectivity index (χ0v) is 11.5. The van der Waals surface area contributed by atoms with E-state index in [1.807, 2.05) is 0 Å². The van der Waals surface area contributed by atoms with Crippen molar-refractivity contribution >= 4 is 6.09 Å². The molecule has 0 aliphatic heterocycles. The van der Waals surface area contributed by atoms with Crippen LogP contribution >= 0.6 is 0 Å². The monoisotopic (exact) mass is 287 g/mol. The summed E-state index contributed by atoms with van der Waals surface area (Å²) < 4.78 is 17.5. The van der Waals surface area contributed by atoms with Crippen LogP contribution in [0.15, 0.2) is 12.4 Å². The number of ether oxygens (including phenoxy) is 1. The molecule has 1 aromatic heterocycles. The van der Waals surface area contributed by atoms with Crippen LogP contribution < -0.4 is 5.32 Å². The van der Waals surface area contributed by atoms with E-state index in [4.69, 9.17) is 4.74 Å². The number of aliphatic hydroxyl groups is 2. The van der Waals surface area contributed by atoms with Crippen LogP contribution in [0, 0.1) is 6.08 Å². The minimum atomic E-state index is -1.34. The quantitative estimate of drug-likeness (QED) is 0.698. The normalized spacial score (nSPS) is 14.5. The van der Waals surface area contributed by atoms with Gasteiger partial charge < -0.3 is 20.3 Å². The number of carbonyl (C=O) groups excluding carboxylic acids is 1. The molecule has 1 rings (SSSR count). The van der Waals surface area contributed by atoms with Crippen LogP contribution in [0.5, 0.6) is 0 Å². The molecule has 1 heterocycles. The van der Waals surface area contributed by atoms with E-state index < -0.39 is 30.0 Å². The number of amides is 1. The Kier molecular flexibility index (Phi) is 5.34. The first-order valence-electron chi connectivity index (χ1n) is 5.99. The Labute approximate surface area is 115 Å². The second-order valence-corrected chi connectivity index (χ2v) is 5.18. The molecule has 0 saturated carbocycles. The van der Waals surface area contributed by atoms with Gasteiger partial charge in [0.2, 0.25) is 0 Å². The Morgan fingerprint density at radius 1 is 1.40 bits per heavy atom. The first-order chi connectivity index (χ1) is 9.19. The highest BCUT2D eigenvalue weighted by Gasteiger charge is 2.22. The number of aromatic nitrogens is 2. The summed E-state index contributed by atoms with van der Waals surface area (Å²) in [5.41, 5.74) is -0.511. The molecule has 0 radical (unpaired) electrons. The van der Waals surface area contributed by atoms with Gasteiger partial charge in [-0.1, -0.05) is 0 Å². The first kappa shape index (κ1) is 16.3. The van der Waals surface area contributed by atoms with Crippen LogP contribution in [-0.4, -0.2) is 44.5 Å². The Morgan fingerprint density at radius 3 is 2.45 bits per heavy atom. The largest absolute Gasteiger partial charge is 0.444 e. The van der Waals surface area contributed by atoms with Gasteiger partial charge in [0.25, 0.3) is 0 Å². The molecule has 7 nitrogen and oxygen atoms in total. The number of nitrogens with zero attached hydrogens (tertiary/aromatic N) is 2. The van der Waals surface area contributed by atoms with Crippen molar-refractivity contribution < 1.29 is 24.1 Å². The third-order valence-electron chi connectivity index (χ3n) is 2.20. The van der Waals surface area contributed by atoms with Gasteiger partial charge in [0.05, 0.1) is 0 Å². The van der Waals surface area contributed by atoms with Crippen LogP contribution in [0.3, 0.4) is 0 Å². The maximum atomic E-state index is 12.5.